The van der Waals surface area contributed by atoms with Crippen LogP contribution >= 0.6 is 0 Å². The molecule has 0 aromatic heterocycles. The first kappa shape index (κ1) is 44.9. The van der Waals surface area contributed by atoms with Gasteiger partial charge in [-0.25, -0.2) is 4.79 Å². The third-order valence-electron chi connectivity index (χ3n) is 7.33. The Morgan fingerprint density at radius 3 is 2.15 bits per heavy atom. The van der Waals surface area contributed by atoms with Crippen molar-refractivity contribution in [3.8, 4) is 18.1 Å². The molecule has 2 amide bonds. The van der Waals surface area contributed by atoms with Gasteiger partial charge in [0.1, 0.15) is 24.6 Å². The predicted molar refractivity (Wildman–Crippen MR) is 181 cm³/mol. The SMILES string of the molecule is C#CCOCCOCCO[C@]1(C(=O)OC)C[C@H](OC(C)=O)[C@@H](NC(=O)COC(C)=O)[C@H]([C@H](OC(C)=O)[C@@H](CNC(=O)Cc2ccc(O)cc2)OC(C)=O)O1. The van der Waals surface area contributed by atoms with Gasteiger partial charge >= 0.3 is 29.8 Å². The smallest absolute Gasteiger partial charge is 0.366 e. The topological polar surface area (TPSA) is 247 Å². The molecule has 1 aromatic rings. The number of carbonyl (C=O) groups is 7. The largest absolute Gasteiger partial charge is 0.508 e. The van der Waals surface area contributed by atoms with Crippen molar-refractivity contribution in [3.63, 3.8) is 0 Å². The number of nitrogens with one attached hydrogen (secondary N) is 2. The Bertz CT molecular complexity index is 1490. The van der Waals surface area contributed by atoms with E-state index in [4.69, 9.17) is 49.1 Å². The molecule has 298 valence electrons. The number of benzene rings is 1. The van der Waals surface area contributed by atoms with Gasteiger partial charge in [-0.05, 0) is 17.7 Å². The van der Waals surface area contributed by atoms with Gasteiger partial charge in [-0.15, -0.1) is 6.42 Å². The summed E-state index contributed by atoms with van der Waals surface area (Å²) in [6.07, 6.45) is -2.25. The normalized spacial score (nSPS) is 20.2. The molecule has 0 saturated carbocycles. The molecule has 0 radical (unpaired) electrons. The second kappa shape index (κ2) is 22.7. The van der Waals surface area contributed by atoms with Crippen LogP contribution in [0.1, 0.15) is 39.7 Å². The summed E-state index contributed by atoms with van der Waals surface area (Å²) >= 11 is 0. The lowest BCUT2D eigenvalue weighted by atomic mass is 9.87. The van der Waals surface area contributed by atoms with Crippen LogP contribution < -0.4 is 10.6 Å². The molecule has 19 nitrogen and oxygen atoms in total. The van der Waals surface area contributed by atoms with Crippen LogP contribution in [0.5, 0.6) is 5.75 Å². The van der Waals surface area contributed by atoms with Gasteiger partial charge in [0.2, 0.25) is 5.91 Å². The molecule has 0 unspecified atom stereocenters. The van der Waals surface area contributed by atoms with Crippen molar-refractivity contribution < 1.29 is 81.3 Å². The number of hydrogen-bond acceptors (Lipinski definition) is 17. The van der Waals surface area contributed by atoms with Gasteiger partial charge < -0.3 is 58.4 Å². The van der Waals surface area contributed by atoms with E-state index in [1.54, 1.807) is 0 Å². The fraction of sp³-hybridized carbons (Fsp3) is 0.571. The van der Waals surface area contributed by atoms with Crippen LogP contribution in [0.4, 0.5) is 0 Å². The van der Waals surface area contributed by atoms with Gasteiger partial charge in [-0.2, -0.15) is 0 Å². The fourth-order valence-electron chi connectivity index (χ4n) is 5.23. The van der Waals surface area contributed by atoms with Crippen LogP contribution in [0.2, 0.25) is 0 Å². The predicted octanol–water partition coefficient (Wildman–Crippen LogP) is -0.765. The maximum Gasteiger partial charge on any atom is 0.366 e. The molecule has 2 rings (SSSR count). The summed E-state index contributed by atoms with van der Waals surface area (Å²) in [6, 6.07) is 4.28. The Morgan fingerprint density at radius 1 is 0.907 bits per heavy atom. The van der Waals surface area contributed by atoms with Gasteiger partial charge in [-0.3, -0.25) is 28.8 Å². The molecule has 19 heteroatoms. The van der Waals surface area contributed by atoms with Crippen molar-refractivity contribution in [1.29, 1.82) is 0 Å². The molecule has 0 bridgehead atoms. The summed E-state index contributed by atoms with van der Waals surface area (Å²) < 4.78 is 49.3. The molecule has 1 aromatic carbocycles. The minimum atomic E-state index is -2.43. The van der Waals surface area contributed by atoms with E-state index in [2.05, 4.69) is 16.6 Å². The molecular formula is C35H46N2O17. The number of terminal acetylenes is 1. The molecule has 1 heterocycles. The van der Waals surface area contributed by atoms with E-state index in [1.807, 2.05) is 0 Å². The van der Waals surface area contributed by atoms with E-state index in [1.165, 1.54) is 24.3 Å². The molecule has 54 heavy (non-hydrogen) atoms. The Labute approximate surface area is 311 Å². The summed E-state index contributed by atoms with van der Waals surface area (Å²) in [7, 11) is 1.02. The molecule has 6 atom stereocenters. The van der Waals surface area contributed by atoms with E-state index in [0.29, 0.717) is 5.56 Å². The Kier molecular flexibility index (Phi) is 18.9. The zero-order valence-corrected chi connectivity index (χ0v) is 30.6. The van der Waals surface area contributed by atoms with Crippen LogP contribution in [0, 0.1) is 12.3 Å². The summed E-state index contributed by atoms with van der Waals surface area (Å²) in [6.45, 7) is 2.72. The van der Waals surface area contributed by atoms with Crippen LogP contribution in [-0.2, 0) is 82.6 Å². The molecule has 1 aliphatic rings. The summed E-state index contributed by atoms with van der Waals surface area (Å²) in [5.74, 6) is -6.31. The lowest BCUT2D eigenvalue weighted by Crippen LogP contribution is -2.70. The van der Waals surface area contributed by atoms with Gasteiger partial charge in [-0.1, -0.05) is 18.1 Å². The van der Waals surface area contributed by atoms with Crippen molar-refractivity contribution in [1.82, 2.24) is 10.6 Å². The van der Waals surface area contributed by atoms with Crippen molar-refractivity contribution in [3.05, 3.63) is 29.8 Å². The molecule has 3 N–H and O–H groups in total. The molecule has 1 aliphatic heterocycles. The molecule has 0 spiro atoms. The molecule has 0 aliphatic carbocycles. The van der Waals surface area contributed by atoms with Crippen LogP contribution in [0.15, 0.2) is 24.3 Å². The first-order valence-electron chi connectivity index (χ1n) is 16.6. The minimum Gasteiger partial charge on any atom is -0.508 e. The number of hydrogen-bond donors (Lipinski definition) is 3. The average Bonchev–Trinajstić information content (AvgIpc) is 3.10. The highest BCUT2D eigenvalue weighted by molar-refractivity contribution is 5.81. The minimum absolute atomic E-state index is 0.0161. The van der Waals surface area contributed by atoms with E-state index < -0.39 is 97.5 Å². The van der Waals surface area contributed by atoms with Crippen LogP contribution in [-0.4, -0.2) is 136 Å². The average molecular weight is 767 g/mol. The molecular weight excluding hydrogens is 720 g/mol. The highest BCUT2D eigenvalue weighted by Crippen LogP contribution is 2.37. The van der Waals surface area contributed by atoms with Crippen molar-refractivity contribution >= 4 is 41.7 Å². The third kappa shape index (κ3) is 15.4. The quantitative estimate of drug-likeness (QED) is 0.0602. The number of ether oxygens (including phenoxy) is 9. The Balaban J connectivity index is 2.60. The van der Waals surface area contributed by atoms with Crippen molar-refractivity contribution in [2.45, 2.75) is 76.8 Å². The number of phenolic OH excluding ortho intramolecular Hbond substituents is 1. The zero-order valence-electron chi connectivity index (χ0n) is 30.6. The van der Waals surface area contributed by atoms with Gasteiger partial charge in [0, 0.05) is 27.7 Å². The summed E-state index contributed by atoms with van der Waals surface area (Å²) in [4.78, 5) is 88.5. The molecule has 1 fully saturated rings. The van der Waals surface area contributed by atoms with Crippen molar-refractivity contribution in [2.24, 2.45) is 0 Å². The Morgan fingerprint density at radius 2 is 1.56 bits per heavy atom. The third-order valence-corrected chi connectivity index (χ3v) is 7.33. The highest BCUT2D eigenvalue weighted by atomic mass is 16.7. The second-order valence-corrected chi connectivity index (χ2v) is 11.6. The van der Waals surface area contributed by atoms with E-state index in [0.717, 1.165) is 34.8 Å². The second-order valence-electron chi connectivity index (χ2n) is 11.6. The number of esters is 5. The zero-order chi connectivity index (χ0) is 40.3. The Hall–Kier alpha value is -5.29. The maximum atomic E-state index is 13.5. The number of phenols is 1. The monoisotopic (exact) mass is 766 g/mol. The van der Waals surface area contributed by atoms with E-state index >= 15 is 0 Å². The number of rotatable bonds is 21. The number of amides is 2. The van der Waals surface area contributed by atoms with Crippen LogP contribution in [0.25, 0.3) is 0 Å². The van der Waals surface area contributed by atoms with Gasteiger partial charge in [0.25, 0.3) is 11.7 Å². The van der Waals surface area contributed by atoms with E-state index in [-0.39, 0.29) is 45.2 Å². The first-order valence-corrected chi connectivity index (χ1v) is 16.6. The highest BCUT2D eigenvalue weighted by Gasteiger charge is 2.59. The lowest BCUT2D eigenvalue weighted by Gasteiger charge is -2.48. The number of carbonyl (C=O) groups excluding carboxylic acids is 7. The summed E-state index contributed by atoms with van der Waals surface area (Å²) in [5.41, 5.74) is 0.519. The molecule has 1 saturated heterocycles. The summed E-state index contributed by atoms with van der Waals surface area (Å²) in [5, 5.41) is 14.7. The lowest BCUT2D eigenvalue weighted by molar-refractivity contribution is -0.315. The first-order chi connectivity index (χ1) is 25.6. The number of aromatic hydroxyl groups is 1. The van der Waals surface area contributed by atoms with Gasteiger partial charge in [0.05, 0.1) is 59.0 Å². The van der Waals surface area contributed by atoms with Crippen LogP contribution in [0.3, 0.4) is 0 Å². The van der Waals surface area contributed by atoms with E-state index in [9.17, 15) is 38.7 Å². The standard InChI is InChI=1S/C35H46N2O17/c1-7-12-47-13-14-48-15-16-50-35(34(45)46-6)18-27(51-22(3)39)31(37-30(44)20-49-21(2)38)33(54-35)32(53-24(5)41)28(52-23(4)40)19-36-29(43)17-25-8-10-26(42)11-9-25/h1,8-11,27-28,31-33,42H,12-20H2,2-6H3,(H,36,43)(H,37,44)/t27-,28+,31+,32+,33+,35+/m0/s1. The van der Waals surface area contributed by atoms with Gasteiger partial charge in [0.15, 0.2) is 18.8 Å². The maximum absolute atomic E-state index is 13.5. The van der Waals surface area contributed by atoms with Crippen molar-refractivity contribution in [2.75, 3.05) is 53.3 Å². The number of methoxy groups -OCH3 is 1. The fourth-order valence-corrected chi connectivity index (χ4v) is 5.23.